The van der Waals surface area contributed by atoms with Gasteiger partial charge >= 0.3 is 0 Å². The molecule has 0 saturated heterocycles. The average Bonchev–Trinajstić information content (AvgIpc) is 3.82. The zero-order valence-electron chi connectivity index (χ0n) is 29.0. The van der Waals surface area contributed by atoms with E-state index in [2.05, 4.69) is 152 Å². The van der Waals surface area contributed by atoms with Gasteiger partial charge in [0.15, 0.2) is 5.82 Å². The van der Waals surface area contributed by atoms with Gasteiger partial charge in [0.25, 0.3) is 0 Å². The highest BCUT2D eigenvalue weighted by molar-refractivity contribution is 7.25. The molecule has 0 atom stereocenters. The van der Waals surface area contributed by atoms with Gasteiger partial charge in [-0.1, -0.05) is 133 Å². The van der Waals surface area contributed by atoms with Gasteiger partial charge in [-0.3, -0.25) is 0 Å². The lowest BCUT2D eigenvalue weighted by Gasteiger charge is -2.14. The summed E-state index contributed by atoms with van der Waals surface area (Å²) in [4.78, 5) is 10.5. The molecule has 0 unspecified atom stereocenters. The highest BCUT2D eigenvalue weighted by Gasteiger charge is 2.18. The third-order valence-corrected chi connectivity index (χ3v) is 11.6. The van der Waals surface area contributed by atoms with Gasteiger partial charge in [0, 0.05) is 53.2 Å². The molecule has 0 spiro atoms. The first-order valence-corrected chi connectivity index (χ1v) is 19.0. The molecule has 4 heteroatoms. The number of aromatic nitrogens is 2. The van der Waals surface area contributed by atoms with Gasteiger partial charge in [0.1, 0.15) is 11.2 Å². The van der Waals surface area contributed by atoms with E-state index >= 15 is 0 Å². The molecule has 0 aliphatic heterocycles. The summed E-state index contributed by atoms with van der Waals surface area (Å²) in [7, 11) is 0. The normalized spacial score (nSPS) is 11.7. The van der Waals surface area contributed by atoms with E-state index in [9.17, 15) is 0 Å². The lowest BCUT2D eigenvalue weighted by Crippen LogP contribution is -1.96. The summed E-state index contributed by atoms with van der Waals surface area (Å²) in [6.07, 6.45) is 0. The molecule has 0 saturated carbocycles. The van der Waals surface area contributed by atoms with Crippen molar-refractivity contribution in [3.05, 3.63) is 182 Å². The van der Waals surface area contributed by atoms with E-state index in [0.29, 0.717) is 5.82 Å². The highest BCUT2D eigenvalue weighted by atomic mass is 32.1. The van der Waals surface area contributed by atoms with Crippen molar-refractivity contribution < 1.29 is 4.42 Å². The molecule has 0 bridgehead atoms. The molecule has 8 aromatic carbocycles. The molecule has 0 fully saturated rings. The Morgan fingerprint density at radius 2 is 1.00 bits per heavy atom. The third kappa shape index (κ3) is 5.11. The first-order valence-electron chi connectivity index (χ1n) is 18.1. The van der Waals surface area contributed by atoms with E-state index in [1.807, 2.05) is 41.7 Å². The molecular formula is C50H30N2OS. The smallest absolute Gasteiger partial charge is 0.160 e. The minimum atomic E-state index is 0.690. The molecule has 3 aromatic heterocycles. The number of rotatable bonds is 5. The van der Waals surface area contributed by atoms with Gasteiger partial charge < -0.3 is 4.42 Å². The Balaban J connectivity index is 1.17. The van der Waals surface area contributed by atoms with Crippen LogP contribution in [0.3, 0.4) is 0 Å². The zero-order valence-corrected chi connectivity index (χ0v) is 29.8. The van der Waals surface area contributed by atoms with E-state index in [0.717, 1.165) is 66.7 Å². The first kappa shape index (κ1) is 30.7. The molecule has 0 aliphatic carbocycles. The lowest BCUT2D eigenvalue weighted by molar-refractivity contribution is 0.670. The van der Waals surface area contributed by atoms with Gasteiger partial charge in [-0.05, 0) is 76.0 Å². The molecule has 3 nitrogen and oxygen atoms in total. The quantitative estimate of drug-likeness (QED) is 0.179. The summed E-state index contributed by atoms with van der Waals surface area (Å²) in [5.41, 5.74) is 10.9. The Kier molecular flexibility index (Phi) is 7.04. The average molecular weight is 707 g/mol. The second-order valence-corrected chi connectivity index (χ2v) is 14.8. The second-order valence-electron chi connectivity index (χ2n) is 13.7. The maximum absolute atomic E-state index is 6.59. The maximum atomic E-state index is 6.59. The number of thiophene rings is 1. The van der Waals surface area contributed by atoms with Crippen molar-refractivity contribution in [2.75, 3.05) is 0 Å². The van der Waals surface area contributed by atoms with Crippen molar-refractivity contribution in [3.8, 4) is 56.2 Å². The van der Waals surface area contributed by atoms with Crippen LogP contribution in [-0.4, -0.2) is 9.97 Å². The van der Waals surface area contributed by atoms with E-state index in [-0.39, 0.29) is 0 Å². The molecule has 0 radical (unpaired) electrons. The van der Waals surface area contributed by atoms with Crippen LogP contribution in [0.15, 0.2) is 186 Å². The van der Waals surface area contributed by atoms with Crippen molar-refractivity contribution in [2.45, 2.75) is 0 Å². The standard InChI is InChI=1S/C50H30N2OS/c1-2-13-32(14-3-1)50-51-44(33-24-25-48-43(29-33)41-18-7-9-23-47(41)54-48)30-45(52-50)36-27-34(38-19-10-15-31-12-4-5-16-37(31)38)26-35(28-36)39-20-11-21-42-40-17-6-8-22-46(40)53-49(39)42/h1-30H. The predicted octanol–water partition coefficient (Wildman–Crippen LogP) is 14.2. The Bertz CT molecular complexity index is 3220. The van der Waals surface area contributed by atoms with Crippen molar-refractivity contribution in [1.29, 1.82) is 0 Å². The zero-order chi connectivity index (χ0) is 35.6. The molecule has 252 valence electrons. The summed E-state index contributed by atoms with van der Waals surface area (Å²) in [5, 5.41) is 7.14. The number of nitrogens with zero attached hydrogens (tertiary/aromatic N) is 2. The number of hydrogen-bond donors (Lipinski definition) is 0. The summed E-state index contributed by atoms with van der Waals surface area (Å²) in [6, 6.07) is 64.4. The van der Waals surface area contributed by atoms with Crippen LogP contribution < -0.4 is 0 Å². The molecule has 0 N–H and O–H groups in total. The van der Waals surface area contributed by atoms with Crippen LogP contribution in [0.5, 0.6) is 0 Å². The Hall–Kier alpha value is -6.88. The molecule has 11 rings (SSSR count). The third-order valence-electron chi connectivity index (χ3n) is 10.5. The maximum Gasteiger partial charge on any atom is 0.160 e. The Labute approximate surface area is 315 Å². The van der Waals surface area contributed by atoms with Gasteiger partial charge in [0.2, 0.25) is 0 Å². The van der Waals surface area contributed by atoms with Gasteiger partial charge in [-0.2, -0.15) is 0 Å². The lowest BCUT2D eigenvalue weighted by atomic mass is 9.91. The molecule has 3 heterocycles. The van der Waals surface area contributed by atoms with Gasteiger partial charge in [-0.25, -0.2) is 9.97 Å². The second kappa shape index (κ2) is 12.4. The van der Waals surface area contributed by atoms with E-state index in [1.165, 1.54) is 36.5 Å². The minimum Gasteiger partial charge on any atom is -0.455 e. The number of hydrogen-bond acceptors (Lipinski definition) is 4. The van der Waals surface area contributed by atoms with Gasteiger partial charge in [-0.15, -0.1) is 11.3 Å². The van der Waals surface area contributed by atoms with Gasteiger partial charge in [0.05, 0.1) is 11.4 Å². The molecule has 0 aliphatic rings. The summed E-state index contributed by atoms with van der Waals surface area (Å²) >= 11 is 1.83. The van der Waals surface area contributed by atoms with Crippen LogP contribution in [0, 0.1) is 0 Å². The van der Waals surface area contributed by atoms with Crippen molar-refractivity contribution in [2.24, 2.45) is 0 Å². The molecular weight excluding hydrogens is 677 g/mol. The Morgan fingerprint density at radius 1 is 0.370 bits per heavy atom. The highest BCUT2D eigenvalue weighted by Crippen LogP contribution is 2.42. The van der Waals surface area contributed by atoms with Crippen molar-refractivity contribution in [1.82, 2.24) is 9.97 Å². The topological polar surface area (TPSA) is 38.9 Å². The first-order chi connectivity index (χ1) is 26.7. The van der Waals surface area contributed by atoms with Crippen LogP contribution >= 0.6 is 11.3 Å². The number of fused-ring (bicyclic) bond motifs is 7. The fraction of sp³-hybridized carbons (Fsp3) is 0. The van der Waals surface area contributed by atoms with Crippen LogP contribution in [0.4, 0.5) is 0 Å². The van der Waals surface area contributed by atoms with Crippen LogP contribution in [0.25, 0.3) is 109 Å². The number of para-hydroxylation sites is 2. The summed E-state index contributed by atoms with van der Waals surface area (Å²) < 4.78 is 9.14. The monoisotopic (exact) mass is 706 g/mol. The molecule has 11 aromatic rings. The molecule has 0 amide bonds. The van der Waals surface area contributed by atoms with Crippen molar-refractivity contribution in [3.63, 3.8) is 0 Å². The fourth-order valence-corrected chi connectivity index (χ4v) is 8.97. The largest absolute Gasteiger partial charge is 0.455 e. The summed E-state index contributed by atoms with van der Waals surface area (Å²) in [6.45, 7) is 0. The fourth-order valence-electron chi connectivity index (χ4n) is 7.88. The number of benzene rings is 8. The van der Waals surface area contributed by atoms with E-state index < -0.39 is 0 Å². The predicted molar refractivity (Wildman–Crippen MR) is 227 cm³/mol. The van der Waals surface area contributed by atoms with Crippen molar-refractivity contribution >= 4 is 64.2 Å². The Morgan fingerprint density at radius 3 is 1.89 bits per heavy atom. The van der Waals surface area contributed by atoms with E-state index in [4.69, 9.17) is 14.4 Å². The molecule has 54 heavy (non-hydrogen) atoms. The SMILES string of the molecule is c1ccc(-c2nc(-c3cc(-c4cccc5ccccc45)cc(-c4cccc5c4oc4ccccc45)c3)cc(-c3ccc4sc5ccccc5c4c3)n2)cc1. The van der Waals surface area contributed by atoms with Crippen LogP contribution in [-0.2, 0) is 0 Å². The van der Waals surface area contributed by atoms with E-state index in [1.54, 1.807) is 0 Å². The van der Waals surface area contributed by atoms with Crippen LogP contribution in [0.1, 0.15) is 0 Å². The number of furan rings is 1. The van der Waals surface area contributed by atoms with Crippen LogP contribution in [0.2, 0.25) is 0 Å². The minimum absolute atomic E-state index is 0.690. The summed E-state index contributed by atoms with van der Waals surface area (Å²) in [5.74, 6) is 0.690.